The van der Waals surface area contributed by atoms with Crippen molar-refractivity contribution in [2.45, 2.75) is 39.8 Å². The number of aryl methyl sites for hydroxylation is 1. The molecule has 0 aromatic carbocycles. The molecular weight excluding hydrogens is 244 g/mol. The molecule has 106 valence electrons. The lowest BCUT2D eigenvalue weighted by molar-refractivity contribution is -0.120. The lowest BCUT2D eigenvalue weighted by Crippen LogP contribution is -2.37. The van der Waals surface area contributed by atoms with Crippen molar-refractivity contribution in [1.82, 2.24) is 9.78 Å². The Labute approximate surface area is 113 Å². The first-order valence-electron chi connectivity index (χ1n) is 6.61. The van der Waals surface area contributed by atoms with E-state index < -0.39 is 0 Å². The highest BCUT2D eigenvalue weighted by Gasteiger charge is 2.32. The molecule has 1 aromatic heterocycles. The van der Waals surface area contributed by atoms with Crippen LogP contribution >= 0.6 is 0 Å². The standard InChI is InChI=1S/C13H22N4O2/c1-7(2)17-9(4)12(8(3)16-17)15-13(18)10-5-19-6-11(10)14/h7,10-11H,5-6,14H2,1-4H3,(H,15,18). The molecule has 19 heavy (non-hydrogen) atoms. The number of nitrogens with one attached hydrogen (secondary N) is 1. The summed E-state index contributed by atoms with van der Waals surface area (Å²) in [6.07, 6.45) is 0. The number of nitrogens with two attached hydrogens (primary N) is 1. The van der Waals surface area contributed by atoms with E-state index in [2.05, 4.69) is 24.3 Å². The van der Waals surface area contributed by atoms with Gasteiger partial charge in [-0.05, 0) is 27.7 Å². The number of ether oxygens (including phenoxy) is 1. The Hall–Kier alpha value is -1.40. The number of rotatable bonds is 3. The summed E-state index contributed by atoms with van der Waals surface area (Å²) >= 11 is 0. The third kappa shape index (κ3) is 2.64. The number of hydrogen-bond acceptors (Lipinski definition) is 4. The average Bonchev–Trinajstić information content (AvgIpc) is 2.87. The molecule has 0 spiro atoms. The quantitative estimate of drug-likeness (QED) is 0.855. The SMILES string of the molecule is Cc1nn(C(C)C)c(C)c1NC(=O)C1COCC1N. The van der Waals surface area contributed by atoms with Crippen LogP contribution in [-0.4, -0.2) is 34.9 Å². The first-order valence-corrected chi connectivity index (χ1v) is 6.61. The molecular formula is C13H22N4O2. The van der Waals surface area contributed by atoms with E-state index in [0.717, 1.165) is 17.1 Å². The molecule has 0 radical (unpaired) electrons. The molecule has 1 aliphatic rings. The molecule has 6 heteroatoms. The maximum absolute atomic E-state index is 12.2. The van der Waals surface area contributed by atoms with E-state index >= 15 is 0 Å². The van der Waals surface area contributed by atoms with Gasteiger partial charge in [0.2, 0.25) is 5.91 Å². The zero-order chi connectivity index (χ0) is 14.2. The van der Waals surface area contributed by atoms with Crippen LogP contribution in [-0.2, 0) is 9.53 Å². The van der Waals surface area contributed by atoms with Crippen molar-refractivity contribution in [2.75, 3.05) is 18.5 Å². The largest absolute Gasteiger partial charge is 0.379 e. The minimum Gasteiger partial charge on any atom is -0.379 e. The lowest BCUT2D eigenvalue weighted by atomic mass is 10.0. The molecule has 1 amide bonds. The van der Waals surface area contributed by atoms with Crippen molar-refractivity contribution in [2.24, 2.45) is 11.7 Å². The van der Waals surface area contributed by atoms with Crippen molar-refractivity contribution in [3.8, 4) is 0 Å². The van der Waals surface area contributed by atoms with Crippen LogP contribution in [0.1, 0.15) is 31.3 Å². The topological polar surface area (TPSA) is 82.2 Å². The second-order valence-electron chi connectivity index (χ2n) is 5.38. The summed E-state index contributed by atoms with van der Waals surface area (Å²) < 4.78 is 7.14. The molecule has 3 N–H and O–H groups in total. The Morgan fingerprint density at radius 3 is 2.63 bits per heavy atom. The van der Waals surface area contributed by atoms with E-state index in [1.54, 1.807) is 0 Å². The van der Waals surface area contributed by atoms with Crippen LogP contribution in [0.25, 0.3) is 0 Å². The van der Waals surface area contributed by atoms with Gasteiger partial charge in [-0.25, -0.2) is 0 Å². The number of carbonyl (C=O) groups excluding carboxylic acids is 1. The predicted molar refractivity (Wildman–Crippen MR) is 73.0 cm³/mol. The summed E-state index contributed by atoms with van der Waals surface area (Å²) in [4.78, 5) is 12.2. The minimum atomic E-state index is -0.277. The summed E-state index contributed by atoms with van der Waals surface area (Å²) in [5.74, 6) is -0.360. The summed E-state index contributed by atoms with van der Waals surface area (Å²) in [6, 6.07) is 0.0437. The van der Waals surface area contributed by atoms with Gasteiger partial charge in [-0.2, -0.15) is 5.10 Å². The monoisotopic (exact) mass is 266 g/mol. The van der Waals surface area contributed by atoms with Crippen LogP contribution < -0.4 is 11.1 Å². The van der Waals surface area contributed by atoms with E-state index in [9.17, 15) is 4.79 Å². The number of hydrogen-bond donors (Lipinski definition) is 2. The normalized spacial score (nSPS) is 23.1. The highest BCUT2D eigenvalue weighted by atomic mass is 16.5. The van der Waals surface area contributed by atoms with Gasteiger partial charge in [-0.15, -0.1) is 0 Å². The molecule has 2 atom stereocenters. The second-order valence-corrected chi connectivity index (χ2v) is 5.38. The van der Waals surface area contributed by atoms with Gasteiger partial charge < -0.3 is 15.8 Å². The number of amides is 1. The Morgan fingerprint density at radius 2 is 2.16 bits per heavy atom. The molecule has 0 aliphatic carbocycles. The lowest BCUT2D eigenvalue weighted by Gasteiger charge is -2.14. The fourth-order valence-corrected chi connectivity index (χ4v) is 2.40. The maximum atomic E-state index is 12.2. The van der Waals surface area contributed by atoms with Crippen molar-refractivity contribution in [1.29, 1.82) is 0 Å². The maximum Gasteiger partial charge on any atom is 0.231 e. The fraction of sp³-hybridized carbons (Fsp3) is 0.692. The van der Waals surface area contributed by atoms with Gasteiger partial charge in [-0.1, -0.05) is 0 Å². The first kappa shape index (κ1) is 14.0. The van der Waals surface area contributed by atoms with Crippen molar-refractivity contribution in [3.05, 3.63) is 11.4 Å². The molecule has 1 aliphatic heterocycles. The summed E-state index contributed by atoms with van der Waals surface area (Å²) in [5.41, 5.74) is 8.44. The summed E-state index contributed by atoms with van der Waals surface area (Å²) in [6.45, 7) is 8.81. The first-order chi connectivity index (χ1) is 8.91. The van der Waals surface area contributed by atoms with Gasteiger partial charge in [0.1, 0.15) is 0 Å². The molecule has 2 rings (SSSR count). The number of aromatic nitrogens is 2. The van der Waals surface area contributed by atoms with Crippen LogP contribution in [0.4, 0.5) is 5.69 Å². The Kier molecular flexibility index (Phi) is 3.91. The molecule has 1 aromatic rings. The van der Waals surface area contributed by atoms with Gasteiger partial charge in [0, 0.05) is 12.1 Å². The molecule has 0 saturated carbocycles. The van der Waals surface area contributed by atoms with Crippen molar-refractivity contribution >= 4 is 11.6 Å². The van der Waals surface area contributed by atoms with Gasteiger partial charge in [0.25, 0.3) is 0 Å². The molecule has 2 heterocycles. The Morgan fingerprint density at radius 1 is 1.47 bits per heavy atom. The van der Waals surface area contributed by atoms with Crippen molar-refractivity contribution in [3.63, 3.8) is 0 Å². The zero-order valence-corrected chi connectivity index (χ0v) is 11.9. The van der Waals surface area contributed by atoms with Gasteiger partial charge in [0.15, 0.2) is 0 Å². The molecule has 1 fully saturated rings. The minimum absolute atomic E-state index is 0.0838. The molecule has 2 unspecified atom stereocenters. The van der Waals surface area contributed by atoms with Crippen LogP contribution in [0.3, 0.4) is 0 Å². The number of nitrogens with zero attached hydrogens (tertiary/aromatic N) is 2. The Bertz CT molecular complexity index is 481. The third-order valence-corrected chi connectivity index (χ3v) is 3.52. The predicted octanol–water partition coefficient (Wildman–Crippen LogP) is 0.993. The van der Waals surface area contributed by atoms with Gasteiger partial charge >= 0.3 is 0 Å². The average molecular weight is 266 g/mol. The summed E-state index contributed by atoms with van der Waals surface area (Å²) in [5, 5.41) is 7.39. The summed E-state index contributed by atoms with van der Waals surface area (Å²) in [7, 11) is 0. The second kappa shape index (κ2) is 5.30. The van der Waals surface area contributed by atoms with Crippen molar-refractivity contribution < 1.29 is 9.53 Å². The van der Waals surface area contributed by atoms with E-state index in [1.165, 1.54) is 0 Å². The fourth-order valence-electron chi connectivity index (χ4n) is 2.40. The van der Waals surface area contributed by atoms with E-state index in [1.807, 2.05) is 18.5 Å². The molecule has 0 bridgehead atoms. The Balaban J connectivity index is 2.17. The molecule has 1 saturated heterocycles. The van der Waals surface area contributed by atoms with Crippen LogP contribution in [0.5, 0.6) is 0 Å². The highest BCUT2D eigenvalue weighted by Crippen LogP contribution is 2.24. The third-order valence-electron chi connectivity index (χ3n) is 3.52. The molecule has 6 nitrogen and oxygen atoms in total. The smallest absolute Gasteiger partial charge is 0.231 e. The van der Waals surface area contributed by atoms with E-state index in [4.69, 9.17) is 10.5 Å². The van der Waals surface area contributed by atoms with E-state index in [-0.39, 0.29) is 23.9 Å². The highest BCUT2D eigenvalue weighted by molar-refractivity contribution is 5.94. The van der Waals surface area contributed by atoms with Crippen LogP contribution in [0.2, 0.25) is 0 Å². The van der Waals surface area contributed by atoms with Gasteiger partial charge in [-0.3, -0.25) is 9.48 Å². The van der Waals surface area contributed by atoms with Gasteiger partial charge in [0.05, 0.1) is 36.2 Å². The van der Waals surface area contributed by atoms with E-state index in [0.29, 0.717) is 13.2 Å². The van der Waals surface area contributed by atoms with Crippen LogP contribution in [0.15, 0.2) is 0 Å². The number of carbonyl (C=O) groups is 1. The van der Waals surface area contributed by atoms with Crippen LogP contribution in [0, 0.1) is 19.8 Å². The zero-order valence-electron chi connectivity index (χ0n) is 11.9. The number of anilines is 1.